The average molecular weight is 265 g/mol. The van der Waals surface area contributed by atoms with Gasteiger partial charge in [-0.2, -0.15) is 4.72 Å². The Bertz CT molecular complexity index is 359. The predicted octanol–water partition coefficient (Wildman–Crippen LogP) is 0.340. The number of nitrogens with one attached hydrogen (secondary N) is 1. The van der Waals surface area contributed by atoms with Gasteiger partial charge in [-0.05, 0) is 6.42 Å². The van der Waals surface area contributed by atoms with Gasteiger partial charge in [-0.15, -0.1) is 0 Å². The van der Waals surface area contributed by atoms with E-state index in [0.29, 0.717) is 6.42 Å². The van der Waals surface area contributed by atoms with Crippen LogP contribution < -0.4 is 4.72 Å². The van der Waals surface area contributed by atoms with Gasteiger partial charge >= 0.3 is 5.97 Å². The van der Waals surface area contributed by atoms with E-state index in [-0.39, 0.29) is 31.8 Å². The third-order valence-electron chi connectivity index (χ3n) is 2.87. The zero-order valence-corrected chi connectivity index (χ0v) is 10.8. The molecule has 0 aromatic rings. The van der Waals surface area contributed by atoms with Crippen molar-refractivity contribution in [2.45, 2.75) is 38.1 Å². The molecular formula is C10H19NO5S. The zero-order chi connectivity index (χ0) is 12.9. The summed E-state index contributed by atoms with van der Waals surface area (Å²) in [5.74, 6) is -1.15. The Morgan fingerprint density at radius 3 is 2.47 bits per heavy atom. The third-order valence-corrected chi connectivity index (χ3v) is 4.40. The first kappa shape index (κ1) is 14.4. The van der Waals surface area contributed by atoms with Crippen LogP contribution in [0.4, 0.5) is 0 Å². The van der Waals surface area contributed by atoms with Crippen molar-refractivity contribution in [1.82, 2.24) is 4.72 Å². The lowest BCUT2D eigenvalue weighted by atomic mass is 9.92. The van der Waals surface area contributed by atoms with Crippen LogP contribution in [0.3, 0.4) is 0 Å². The first-order valence-corrected chi connectivity index (χ1v) is 7.40. The molecular weight excluding hydrogens is 246 g/mol. The summed E-state index contributed by atoms with van der Waals surface area (Å²) in [5.41, 5.74) is -1.38. The minimum Gasteiger partial charge on any atom is -0.480 e. The maximum Gasteiger partial charge on any atom is 0.325 e. The molecule has 17 heavy (non-hydrogen) atoms. The summed E-state index contributed by atoms with van der Waals surface area (Å²) in [7, 11) is -3.53. The molecule has 1 fully saturated rings. The quantitative estimate of drug-likeness (QED) is 0.722. The second-order valence-corrected chi connectivity index (χ2v) is 6.12. The molecule has 6 nitrogen and oxygen atoms in total. The van der Waals surface area contributed by atoms with E-state index in [2.05, 4.69) is 4.72 Å². The van der Waals surface area contributed by atoms with Crippen molar-refractivity contribution in [3.8, 4) is 0 Å². The zero-order valence-electron chi connectivity index (χ0n) is 9.94. The number of carboxylic acid groups (broad SMARTS) is 1. The highest BCUT2D eigenvalue weighted by atomic mass is 32.2. The highest BCUT2D eigenvalue weighted by molar-refractivity contribution is 7.89. The van der Waals surface area contributed by atoms with Crippen LogP contribution in [0.1, 0.15) is 32.6 Å². The first-order valence-electron chi connectivity index (χ1n) is 5.75. The van der Waals surface area contributed by atoms with Gasteiger partial charge in [-0.25, -0.2) is 8.42 Å². The maximum absolute atomic E-state index is 11.8. The van der Waals surface area contributed by atoms with Crippen LogP contribution in [0.2, 0.25) is 0 Å². The van der Waals surface area contributed by atoms with E-state index in [0.717, 1.165) is 6.42 Å². The lowest BCUT2D eigenvalue weighted by molar-refractivity contribution is -0.147. The number of hydrogen-bond donors (Lipinski definition) is 2. The fourth-order valence-corrected chi connectivity index (χ4v) is 3.42. The monoisotopic (exact) mass is 265 g/mol. The second-order valence-electron chi connectivity index (χ2n) is 4.27. The largest absolute Gasteiger partial charge is 0.480 e. The van der Waals surface area contributed by atoms with Crippen LogP contribution in [0.15, 0.2) is 0 Å². The summed E-state index contributed by atoms with van der Waals surface area (Å²) in [4.78, 5) is 11.2. The van der Waals surface area contributed by atoms with Crippen molar-refractivity contribution < 1.29 is 23.1 Å². The molecule has 2 N–H and O–H groups in total. The molecule has 1 rings (SSSR count). The van der Waals surface area contributed by atoms with Crippen molar-refractivity contribution >= 4 is 16.0 Å². The van der Waals surface area contributed by atoms with Crippen LogP contribution in [0.5, 0.6) is 0 Å². The highest BCUT2D eigenvalue weighted by Gasteiger charge is 2.43. The van der Waals surface area contributed by atoms with E-state index >= 15 is 0 Å². The van der Waals surface area contributed by atoms with E-state index in [1.165, 1.54) is 0 Å². The normalized spacial score (nSPS) is 20.1. The van der Waals surface area contributed by atoms with Gasteiger partial charge in [0.25, 0.3) is 0 Å². The molecule has 1 saturated heterocycles. The van der Waals surface area contributed by atoms with Gasteiger partial charge in [0.05, 0.1) is 5.75 Å². The van der Waals surface area contributed by atoms with Gasteiger partial charge in [0.2, 0.25) is 10.0 Å². The van der Waals surface area contributed by atoms with E-state index in [9.17, 15) is 18.3 Å². The Hall–Kier alpha value is -0.660. The molecule has 0 aliphatic carbocycles. The van der Waals surface area contributed by atoms with Crippen molar-refractivity contribution in [2.24, 2.45) is 0 Å². The lowest BCUT2D eigenvalue weighted by Gasteiger charge is -2.33. The molecule has 0 atom stereocenters. The van der Waals surface area contributed by atoms with E-state index in [1.54, 1.807) is 0 Å². The van der Waals surface area contributed by atoms with Crippen molar-refractivity contribution in [1.29, 1.82) is 0 Å². The fraction of sp³-hybridized carbons (Fsp3) is 0.900. The highest BCUT2D eigenvalue weighted by Crippen LogP contribution is 2.22. The van der Waals surface area contributed by atoms with Gasteiger partial charge < -0.3 is 9.84 Å². The standard InChI is InChI=1S/C10H19NO5S/c1-2-3-8-17(14,15)11-10(9(12)13)4-6-16-7-5-10/h11H,2-8H2,1H3,(H,12,13). The SMILES string of the molecule is CCCCS(=O)(=O)NC1(C(=O)O)CCOCC1. The summed E-state index contributed by atoms with van der Waals surface area (Å²) in [5, 5.41) is 9.20. The fourth-order valence-electron chi connectivity index (χ4n) is 1.76. The molecule has 0 spiro atoms. The van der Waals surface area contributed by atoms with E-state index < -0.39 is 21.5 Å². The number of carboxylic acids is 1. The number of hydrogen-bond acceptors (Lipinski definition) is 4. The van der Waals surface area contributed by atoms with Crippen molar-refractivity contribution in [3.05, 3.63) is 0 Å². The molecule has 0 unspecified atom stereocenters. The number of rotatable bonds is 6. The summed E-state index contributed by atoms with van der Waals surface area (Å²) in [6.07, 6.45) is 1.63. The molecule has 1 aliphatic heterocycles. The predicted molar refractivity (Wildman–Crippen MR) is 62.3 cm³/mol. The first-order chi connectivity index (χ1) is 7.92. The van der Waals surface area contributed by atoms with Gasteiger partial charge in [0.1, 0.15) is 5.54 Å². The molecule has 100 valence electrons. The Kier molecular flexibility index (Phi) is 4.91. The number of ether oxygens (including phenoxy) is 1. The van der Waals surface area contributed by atoms with Crippen molar-refractivity contribution in [2.75, 3.05) is 19.0 Å². The minimum atomic E-state index is -3.53. The maximum atomic E-state index is 11.8. The molecule has 0 bridgehead atoms. The Balaban J connectivity index is 2.76. The molecule has 0 radical (unpaired) electrons. The molecule has 0 aromatic heterocycles. The number of unbranched alkanes of at least 4 members (excludes halogenated alkanes) is 1. The Morgan fingerprint density at radius 2 is 2.00 bits per heavy atom. The molecule has 0 aromatic carbocycles. The number of aliphatic carboxylic acids is 1. The molecule has 7 heteroatoms. The summed E-state index contributed by atoms with van der Waals surface area (Å²) in [6, 6.07) is 0. The number of carbonyl (C=O) groups is 1. The summed E-state index contributed by atoms with van der Waals surface area (Å²) < 4.78 is 30.9. The van der Waals surface area contributed by atoms with Crippen LogP contribution >= 0.6 is 0 Å². The molecule has 0 amide bonds. The number of sulfonamides is 1. The van der Waals surface area contributed by atoms with Crippen LogP contribution in [0, 0.1) is 0 Å². The average Bonchev–Trinajstić information content (AvgIpc) is 2.27. The lowest BCUT2D eigenvalue weighted by Crippen LogP contribution is -2.57. The van der Waals surface area contributed by atoms with E-state index in [4.69, 9.17) is 4.74 Å². The van der Waals surface area contributed by atoms with Gasteiger partial charge in [0.15, 0.2) is 0 Å². The van der Waals surface area contributed by atoms with Crippen molar-refractivity contribution in [3.63, 3.8) is 0 Å². The second kappa shape index (κ2) is 5.79. The molecule has 1 heterocycles. The van der Waals surface area contributed by atoms with Gasteiger partial charge in [0, 0.05) is 26.1 Å². The Labute approximate surface area is 101 Å². The summed E-state index contributed by atoms with van der Waals surface area (Å²) in [6.45, 7) is 2.42. The topological polar surface area (TPSA) is 92.7 Å². The van der Waals surface area contributed by atoms with Gasteiger partial charge in [-0.3, -0.25) is 4.79 Å². The third kappa shape index (κ3) is 3.93. The molecule has 1 aliphatic rings. The smallest absolute Gasteiger partial charge is 0.325 e. The summed E-state index contributed by atoms with van der Waals surface area (Å²) >= 11 is 0. The van der Waals surface area contributed by atoms with Crippen LogP contribution in [-0.2, 0) is 19.6 Å². The molecule has 0 saturated carbocycles. The Morgan fingerprint density at radius 1 is 1.41 bits per heavy atom. The van der Waals surface area contributed by atoms with Crippen LogP contribution in [0.25, 0.3) is 0 Å². The minimum absolute atomic E-state index is 0.0284. The van der Waals surface area contributed by atoms with E-state index in [1.807, 2.05) is 6.92 Å². The van der Waals surface area contributed by atoms with Gasteiger partial charge in [-0.1, -0.05) is 13.3 Å². The van der Waals surface area contributed by atoms with Crippen LogP contribution in [-0.4, -0.2) is 44.0 Å².